The van der Waals surface area contributed by atoms with Gasteiger partial charge in [-0.2, -0.15) is 0 Å². The zero-order valence-corrected chi connectivity index (χ0v) is 10.0. The molecule has 1 saturated carbocycles. The molecular formula is C14H21N. The Morgan fingerprint density at radius 3 is 2.47 bits per heavy atom. The Hall–Kier alpha value is -0.980. The molecule has 1 nitrogen and oxygen atoms in total. The van der Waals surface area contributed by atoms with Crippen molar-refractivity contribution in [3.63, 3.8) is 0 Å². The third-order valence-electron chi connectivity index (χ3n) is 3.01. The molecular weight excluding hydrogens is 182 g/mol. The first-order valence-corrected chi connectivity index (χ1v) is 5.91. The summed E-state index contributed by atoms with van der Waals surface area (Å²) in [5, 5.41) is 3.58. The molecule has 1 heteroatoms. The second-order valence-corrected chi connectivity index (χ2v) is 5.62. The average molecular weight is 203 g/mol. The largest absolute Gasteiger partial charge is 0.385 e. The van der Waals surface area contributed by atoms with Crippen molar-refractivity contribution in [1.29, 1.82) is 0 Å². The summed E-state index contributed by atoms with van der Waals surface area (Å²) in [6.07, 6.45) is 2.81. The number of nitrogens with one attached hydrogen (secondary N) is 1. The maximum atomic E-state index is 3.58. The van der Waals surface area contributed by atoms with E-state index in [4.69, 9.17) is 0 Å². The van der Waals surface area contributed by atoms with Gasteiger partial charge in [0.2, 0.25) is 0 Å². The molecule has 0 spiro atoms. The molecule has 1 N–H and O–H groups in total. The van der Waals surface area contributed by atoms with Gasteiger partial charge >= 0.3 is 0 Å². The zero-order valence-electron chi connectivity index (χ0n) is 10.0. The molecule has 2 rings (SSSR count). The van der Waals surface area contributed by atoms with Crippen LogP contribution in [0.3, 0.4) is 0 Å². The smallest absolute Gasteiger partial charge is 0.0378 e. The Morgan fingerprint density at radius 2 is 1.87 bits per heavy atom. The SMILES string of the molecule is CC(C)(C)c1ccccc1NCC1CC1. The number of para-hydroxylation sites is 1. The van der Waals surface area contributed by atoms with Gasteiger partial charge in [0.1, 0.15) is 0 Å². The summed E-state index contributed by atoms with van der Waals surface area (Å²) in [7, 11) is 0. The summed E-state index contributed by atoms with van der Waals surface area (Å²) in [5.41, 5.74) is 2.97. The van der Waals surface area contributed by atoms with Crippen LogP contribution in [0, 0.1) is 5.92 Å². The molecule has 0 radical (unpaired) electrons. The van der Waals surface area contributed by atoms with Gasteiger partial charge in [0, 0.05) is 12.2 Å². The molecule has 15 heavy (non-hydrogen) atoms. The number of hydrogen-bond acceptors (Lipinski definition) is 1. The lowest BCUT2D eigenvalue weighted by atomic mass is 9.86. The van der Waals surface area contributed by atoms with E-state index in [0.29, 0.717) is 0 Å². The third kappa shape index (κ3) is 2.74. The Balaban J connectivity index is 2.13. The highest BCUT2D eigenvalue weighted by Gasteiger charge is 2.22. The van der Waals surface area contributed by atoms with E-state index in [2.05, 4.69) is 50.4 Å². The van der Waals surface area contributed by atoms with E-state index in [-0.39, 0.29) is 5.41 Å². The zero-order chi connectivity index (χ0) is 10.9. The van der Waals surface area contributed by atoms with Crippen LogP contribution in [-0.4, -0.2) is 6.54 Å². The lowest BCUT2D eigenvalue weighted by Crippen LogP contribution is -2.15. The molecule has 1 aromatic carbocycles. The minimum Gasteiger partial charge on any atom is -0.385 e. The lowest BCUT2D eigenvalue weighted by Gasteiger charge is -2.23. The number of anilines is 1. The van der Waals surface area contributed by atoms with Crippen LogP contribution in [0.1, 0.15) is 39.2 Å². The molecule has 1 aromatic rings. The molecule has 0 aliphatic heterocycles. The van der Waals surface area contributed by atoms with Gasteiger partial charge in [-0.25, -0.2) is 0 Å². The summed E-state index contributed by atoms with van der Waals surface area (Å²) in [6, 6.07) is 8.67. The highest BCUT2D eigenvalue weighted by Crippen LogP contribution is 2.32. The molecule has 0 heterocycles. The highest BCUT2D eigenvalue weighted by atomic mass is 14.9. The van der Waals surface area contributed by atoms with Crippen LogP contribution >= 0.6 is 0 Å². The van der Waals surface area contributed by atoms with E-state index < -0.39 is 0 Å². The molecule has 82 valence electrons. The average Bonchev–Trinajstić information content (AvgIpc) is 2.97. The topological polar surface area (TPSA) is 12.0 Å². The summed E-state index contributed by atoms with van der Waals surface area (Å²) in [6.45, 7) is 7.95. The van der Waals surface area contributed by atoms with Gasteiger partial charge in [-0.3, -0.25) is 0 Å². The van der Waals surface area contributed by atoms with Crippen molar-refractivity contribution in [3.05, 3.63) is 29.8 Å². The summed E-state index contributed by atoms with van der Waals surface area (Å²) in [5.74, 6) is 0.929. The molecule has 0 unspecified atom stereocenters. The molecule has 0 aromatic heterocycles. The second kappa shape index (κ2) is 3.88. The van der Waals surface area contributed by atoms with Crippen molar-refractivity contribution in [1.82, 2.24) is 0 Å². The molecule has 0 atom stereocenters. The van der Waals surface area contributed by atoms with Gasteiger partial charge in [-0.1, -0.05) is 39.0 Å². The molecule has 1 aliphatic carbocycles. The highest BCUT2D eigenvalue weighted by molar-refractivity contribution is 5.54. The number of benzene rings is 1. The molecule has 0 saturated heterocycles. The van der Waals surface area contributed by atoms with Crippen molar-refractivity contribution in [2.75, 3.05) is 11.9 Å². The fourth-order valence-corrected chi connectivity index (χ4v) is 1.87. The lowest BCUT2D eigenvalue weighted by molar-refractivity contribution is 0.591. The Labute approximate surface area is 92.9 Å². The third-order valence-corrected chi connectivity index (χ3v) is 3.01. The van der Waals surface area contributed by atoms with E-state index >= 15 is 0 Å². The first-order valence-electron chi connectivity index (χ1n) is 5.91. The van der Waals surface area contributed by atoms with Gasteiger partial charge in [-0.15, -0.1) is 0 Å². The van der Waals surface area contributed by atoms with Gasteiger partial charge in [-0.05, 0) is 35.8 Å². The summed E-state index contributed by atoms with van der Waals surface area (Å²) >= 11 is 0. The fraction of sp³-hybridized carbons (Fsp3) is 0.571. The quantitative estimate of drug-likeness (QED) is 0.787. The van der Waals surface area contributed by atoms with Crippen LogP contribution in [-0.2, 0) is 5.41 Å². The molecule has 0 amide bonds. The maximum absolute atomic E-state index is 3.58. The van der Waals surface area contributed by atoms with Crippen LogP contribution in [0.15, 0.2) is 24.3 Å². The summed E-state index contributed by atoms with van der Waals surface area (Å²) < 4.78 is 0. The van der Waals surface area contributed by atoms with Crippen molar-refractivity contribution in [2.45, 2.75) is 39.0 Å². The van der Waals surface area contributed by atoms with Crippen molar-refractivity contribution < 1.29 is 0 Å². The Morgan fingerprint density at radius 1 is 1.20 bits per heavy atom. The van der Waals surface area contributed by atoms with Gasteiger partial charge in [0.15, 0.2) is 0 Å². The van der Waals surface area contributed by atoms with E-state index in [9.17, 15) is 0 Å². The van der Waals surface area contributed by atoms with Crippen LogP contribution in [0.25, 0.3) is 0 Å². The standard InChI is InChI=1S/C14H21N/c1-14(2,3)12-6-4-5-7-13(12)15-10-11-8-9-11/h4-7,11,15H,8-10H2,1-3H3. The Bertz CT molecular complexity index is 331. The first kappa shape index (κ1) is 10.5. The number of rotatable bonds is 3. The fourth-order valence-electron chi connectivity index (χ4n) is 1.87. The normalized spacial score (nSPS) is 16.5. The number of hydrogen-bond donors (Lipinski definition) is 1. The van der Waals surface area contributed by atoms with Crippen LogP contribution in [0.4, 0.5) is 5.69 Å². The summed E-state index contributed by atoms with van der Waals surface area (Å²) in [4.78, 5) is 0. The predicted molar refractivity (Wildman–Crippen MR) is 66.4 cm³/mol. The minimum absolute atomic E-state index is 0.229. The maximum Gasteiger partial charge on any atom is 0.0378 e. The Kier molecular flexibility index (Phi) is 2.72. The predicted octanol–water partition coefficient (Wildman–Crippen LogP) is 3.81. The van der Waals surface area contributed by atoms with E-state index in [0.717, 1.165) is 12.5 Å². The molecule has 0 bridgehead atoms. The molecule has 1 fully saturated rings. The van der Waals surface area contributed by atoms with Crippen LogP contribution in [0.2, 0.25) is 0 Å². The van der Waals surface area contributed by atoms with E-state index in [1.165, 1.54) is 24.1 Å². The first-order chi connectivity index (χ1) is 7.07. The van der Waals surface area contributed by atoms with Crippen molar-refractivity contribution >= 4 is 5.69 Å². The van der Waals surface area contributed by atoms with Gasteiger partial charge < -0.3 is 5.32 Å². The minimum atomic E-state index is 0.229. The van der Waals surface area contributed by atoms with E-state index in [1.54, 1.807) is 0 Å². The van der Waals surface area contributed by atoms with Crippen LogP contribution in [0.5, 0.6) is 0 Å². The second-order valence-electron chi connectivity index (χ2n) is 5.62. The van der Waals surface area contributed by atoms with Crippen LogP contribution < -0.4 is 5.32 Å². The van der Waals surface area contributed by atoms with E-state index in [1.807, 2.05) is 0 Å². The molecule has 1 aliphatic rings. The van der Waals surface area contributed by atoms with Crippen molar-refractivity contribution in [3.8, 4) is 0 Å². The van der Waals surface area contributed by atoms with Gasteiger partial charge in [0.05, 0.1) is 0 Å². The monoisotopic (exact) mass is 203 g/mol. The van der Waals surface area contributed by atoms with Gasteiger partial charge in [0.25, 0.3) is 0 Å². The van der Waals surface area contributed by atoms with Crippen molar-refractivity contribution in [2.24, 2.45) is 5.92 Å².